The highest BCUT2D eigenvalue weighted by Gasteiger charge is 2.45. The Bertz CT molecular complexity index is 1120. The minimum Gasteiger partial charge on any atom is -0.443 e. The van der Waals surface area contributed by atoms with Gasteiger partial charge in [0.2, 0.25) is 0 Å². The van der Waals surface area contributed by atoms with Gasteiger partial charge in [-0.1, -0.05) is 84.9 Å². The van der Waals surface area contributed by atoms with Gasteiger partial charge in [0.05, 0.1) is 6.61 Å². The summed E-state index contributed by atoms with van der Waals surface area (Å²) in [6, 6.07) is 28.2. The first-order valence-corrected chi connectivity index (χ1v) is 12.2. The van der Waals surface area contributed by atoms with Crippen LogP contribution in [0.2, 0.25) is 0 Å². The molecule has 5 heteroatoms. The van der Waals surface area contributed by atoms with Crippen molar-refractivity contribution in [1.82, 2.24) is 4.90 Å². The first-order valence-electron chi connectivity index (χ1n) is 12.2. The Morgan fingerprint density at radius 1 is 0.857 bits per heavy atom. The van der Waals surface area contributed by atoms with Gasteiger partial charge in [-0.2, -0.15) is 0 Å². The zero-order valence-corrected chi connectivity index (χ0v) is 20.6. The molecule has 2 atom stereocenters. The summed E-state index contributed by atoms with van der Waals surface area (Å²) in [5.41, 5.74) is 3.81. The molecule has 0 N–H and O–H groups in total. The second-order valence-corrected chi connectivity index (χ2v) is 9.96. The van der Waals surface area contributed by atoms with Gasteiger partial charge in [-0.25, -0.2) is 9.69 Å². The van der Waals surface area contributed by atoms with Crippen LogP contribution in [0.1, 0.15) is 44.7 Å². The molecular formula is C30H33NO4. The molecule has 1 heterocycles. The topological polar surface area (TPSA) is 55.8 Å². The molecule has 1 fully saturated rings. The molecule has 0 spiro atoms. The molecule has 182 valence electrons. The molecule has 1 aliphatic rings. The van der Waals surface area contributed by atoms with Gasteiger partial charge in [-0.05, 0) is 55.9 Å². The van der Waals surface area contributed by atoms with Gasteiger partial charge in [-0.15, -0.1) is 0 Å². The van der Waals surface area contributed by atoms with Gasteiger partial charge in [0, 0.05) is 12.5 Å². The molecule has 0 aromatic heterocycles. The number of hydrogen-bond donors (Lipinski definition) is 0. The molecule has 3 aromatic rings. The van der Waals surface area contributed by atoms with E-state index in [2.05, 4.69) is 36.4 Å². The molecule has 0 saturated carbocycles. The van der Waals surface area contributed by atoms with Crippen LogP contribution in [0.15, 0.2) is 84.9 Å². The molecule has 0 aliphatic carbocycles. The second kappa shape index (κ2) is 10.9. The lowest BCUT2D eigenvalue weighted by Gasteiger charge is -2.27. The average molecular weight is 472 g/mol. The van der Waals surface area contributed by atoms with E-state index in [1.165, 1.54) is 10.5 Å². The molecular weight excluding hydrogens is 438 g/mol. The monoisotopic (exact) mass is 471 g/mol. The van der Waals surface area contributed by atoms with E-state index in [-0.39, 0.29) is 11.9 Å². The number of imide groups is 1. The standard InChI is InChI=1S/C30H33NO4/c1-30(2,3)35-29(33)31-26(20-27(28(31)32)34-21-23-10-6-4-7-11-23)19-16-22-14-17-25(18-15-22)24-12-8-5-9-13-24/h4-15,17-18,26-27H,16,19-21H2,1-3H3/t26-,27-/m1/s1. The zero-order chi connectivity index (χ0) is 24.8. The normalized spacial score (nSPS) is 18.0. The molecule has 35 heavy (non-hydrogen) atoms. The number of carbonyl (C=O) groups excluding carboxylic acids is 2. The highest BCUT2D eigenvalue weighted by molar-refractivity contribution is 5.97. The largest absolute Gasteiger partial charge is 0.443 e. The van der Waals surface area contributed by atoms with Gasteiger partial charge in [0.15, 0.2) is 0 Å². The third-order valence-corrected chi connectivity index (χ3v) is 6.08. The van der Waals surface area contributed by atoms with Crippen molar-refractivity contribution in [1.29, 1.82) is 0 Å². The van der Waals surface area contributed by atoms with Crippen LogP contribution < -0.4 is 0 Å². The predicted molar refractivity (Wildman–Crippen MR) is 137 cm³/mol. The van der Waals surface area contributed by atoms with Crippen molar-refractivity contribution in [3.63, 3.8) is 0 Å². The number of benzene rings is 3. The molecule has 0 unspecified atom stereocenters. The van der Waals surface area contributed by atoms with Crippen LogP contribution in [0.4, 0.5) is 4.79 Å². The molecule has 0 radical (unpaired) electrons. The van der Waals surface area contributed by atoms with E-state index >= 15 is 0 Å². The SMILES string of the molecule is CC(C)(C)OC(=O)N1C(=O)[C@H](OCc2ccccc2)C[C@H]1CCc1ccc(-c2ccccc2)cc1. The number of likely N-dealkylation sites (tertiary alicyclic amines) is 1. The third-order valence-electron chi connectivity index (χ3n) is 6.08. The molecule has 1 saturated heterocycles. The highest BCUT2D eigenvalue weighted by Crippen LogP contribution is 2.29. The molecule has 0 bridgehead atoms. The Hall–Kier alpha value is -3.44. The van der Waals surface area contributed by atoms with E-state index in [9.17, 15) is 9.59 Å². The molecule has 1 aliphatic heterocycles. The fraction of sp³-hybridized carbons (Fsp3) is 0.333. The van der Waals surface area contributed by atoms with E-state index in [0.717, 1.165) is 23.1 Å². The number of amides is 2. The molecule has 5 nitrogen and oxygen atoms in total. The van der Waals surface area contributed by atoms with Crippen molar-refractivity contribution in [3.05, 3.63) is 96.1 Å². The van der Waals surface area contributed by atoms with Crippen molar-refractivity contribution in [3.8, 4) is 11.1 Å². The van der Waals surface area contributed by atoms with Crippen LogP contribution in [-0.2, 0) is 27.3 Å². The summed E-state index contributed by atoms with van der Waals surface area (Å²) < 4.78 is 11.5. The average Bonchev–Trinajstić information content (AvgIpc) is 3.17. The van der Waals surface area contributed by atoms with E-state index in [4.69, 9.17) is 9.47 Å². The summed E-state index contributed by atoms with van der Waals surface area (Å²) in [5, 5.41) is 0. The second-order valence-electron chi connectivity index (χ2n) is 9.96. The first kappa shape index (κ1) is 24.7. The Morgan fingerprint density at radius 2 is 1.46 bits per heavy atom. The number of nitrogens with zero attached hydrogens (tertiary/aromatic N) is 1. The lowest BCUT2D eigenvalue weighted by atomic mass is 9.99. The number of rotatable bonds is 7. The van der Waals surface area contributed by atoms with Gasteiger partial charge in [-0.3, -0.25) is 4.79 Å². The van der Waals surface area contributed by atoms with Crippen molar-refractivity contribution in [2.24, 2.45) is 0 Å². The molecule has 4 rings (SSSR count). The summed E-state index contributed by atoms with van der Waals surface area (Å²) in [7, 11) is 0. The summed E-state index contributed by atoms with van der Waals surface area (Å²) >= 11 is 0. The predicted octanol–water partition coefficient (Wildman–Crippen LogP) is 6.41. The third kappa shape index (κ3) is 6.58. The number of carbonyl (C=O) groups is 2. The van der Waals surface area contributed by atoms with Gasteiger partial charge >= 0.3 is 6.09 Å². The maximum atomic E-state index is 13.2. The Morgan fingerprint density at radius 3 is 2.09 bits per heavy atom. The quantitative estimate of drug-likeness (QED) is 0.400. The van der Waals surface area contributed by atoms with Crippen LogP contribution in [0.25, 0.3) is 11.1 Å². The van der Waals surface area contributed by atoms with E-state index < -0.39 is 17.8 Å². The Balaban J connectivity index is 1.43. The van der Waals surface area contributed by atoms with Gasteiger partial charge in [0.1, 0.15) is 11.7 Å². The summed E-state index contributed by atoms with van der Waals surface area (Å²) in [6.45, 7) is 5.74. The van der Waals surface area contributed by atoms with Crippen LogP contribution in [-0.4, -0.2) is 34.6 Å². The zero-order valence-electron chi connectivity index (χ0n) is 20.6. The smallest absolute Gasteiger partial charge is 0.417 e. The van der Waals surface area contributed by atoms with Crippen molar-refractivity contribution in [2.75, 3.05) is 0 Å². The minimum atomic E-state index is -0.682. The highest BCUT2D eigenvalue weighted by atomic mass is 16.6. The van der Waals surface area contributed by atoms with Gasteiger partial charge < -0.3 is 9.47 Å². The number of ether oxygens (including phenoxy) is 2. The fourth-order valence-corrected chi connectivity index (χ4v) is 4.32. The first-order chi connectivity index (χ1) is 16.8. The van der Waals surface area contributed by atoms with E-state index in [0.29, 0.717) is 19.4 Å². The van der Waals surface area contributed by atoms with Crippen LogP contribution in [0.5, 0.6) is 0 Å². The van der Waals surface area contributed by atoms with Crippen molar-refractivity contribution in [2.45, 2.75) is 64.4 Å². The van der Waals surface area contributed by atoms with Crippen LogP contribution >= 0.6 is 0 Å². The van der Waals surface area contributed by atoms with E-state index in [1.807, 2.05) is 48.5 Å². The lowest BCUT2D eigenvalue weighted by Crippen LogP contribution is -2.43. The maximum absolute atomic E-state index is 13.2. The van der Waals surface area contributed by atoms with Crippen molar-refractivity contribution >= 4 is 12.0 Å². The Kier molecular flexibility index (Phi) is 7.67. The van der Waals surface area contributed by atoms with Gasteiger partial charge in [0.25, 0.3) is 5.91 Å². The van der Waals surface area contributed by atoms with E-state index in [1.54, 1.807) is 20.8 Å². The molecule has 2 amide bonds. The summed E-state index contributed by atoms with van der Waals surface area (Å²) in [5.74, 6) is -0.320. The molecule has 3 aromatic carbocycles. The Labute approximate surface area is 207 Å². The maximum Gasteiger partial charge on any atom is 0.417 e. The van der Waals surface area contributed by atoms with Crippen LogP contribution in [0, 0.1) is 0 Å². The number of aryl methyl sites for hydroxylation is 1. The summed E-state index contributed by atoms with van der Waals surface area (Å²) in [6.07, 6.45) is 0.608. The van der Waals surface area contributed by atoms with Crippen molar-refractivity contribution < 1.29 is 19.1 Å². The lowest BCUT2D eigenvalue weighted by molar-refractivity contribution is -0.137. The summed E-state index contributed by atoms with van der Waals surface area (Å²) in [4.78, 5) is 27.4. The van der Waals surface area contributed by atoms with Crippen LogP contribution in [0.3, 0.4) is 0 Å². The number of hydrogen-bond acceptors (Lipinski definition) is 4. The fourth-order valence-electron chi connectivity index (χ4n) is 4.32. The minimum absolute atomic E-state index is 0.271.